The first-order valence-corrected chi connectivity index (χ1v) is 2.19. The Morgan fingerprint density at radius 2 is 2.40 bits per heavy atom. The molecule has 0 radical (unpaired) electrons. The van der Waals surface area contributed by atoms with Gasteiger partial charge in [-0.25, -0.2) is 9.89 Å². The van der Waals surface area contributed by atoms with Crippen LogP contribution in [0.4, 0.5) is 0 Å². The van der Waals surface area contributed by atoms with Gasteiger partial charge in [0, 0.05) is 0 Å². The van der Waals surface area contributed by atoms with Crippen LogP contribution in [0.25, 0.3) is 0 Å². The van der Waals surface area contributed by atoms with Gasteiger partial charge in [0.05, 0.1) is 0 Å². The molecule has 0 aliphatic rings. The predicted molar refractivity (Wildman–Crippen MR) is 26.1 cm³/mol. The Bertz CT molecular complexity index is 244. The van der Waals surface area contributed by atoms with Crippen LogP contribution in [0.1, 0.15) is 10.5 Å². The average Bonchev–Trinajstić information content (AvgIpc) is 2.33. The van der Waals surface area contributed by atoms with E-state index < -0.39 is 11.8 Å². The van der Waals surface area contributed by atoms with E-state index in [4.69, 9.17) is 11.0 Å². The molecular formula is C3H3N3O4. The molecule has 1 rings (SSSR count). The number of nitrogens with zero attached hydrogens (tertiary/aromatic N) is 2. The van der Waals surface area contributed by atoms with Crippen LogP contribution in [0.2, 0.25) is 0 Å². The summed E-state index contributed by atoms with van der Waals surface area (Å²) in [6.07, 6.45) is 0. The maximum atomic E-state index is 10.3. The smallest absolute Gasteiger partial charge is 0.328 e. The minimum atomic E-state index is -0.884. The maximum Gasteiger partial charge on any atom is 0.328 e. The fourth-order valence-electron chi connectivity index (χ4n) is 0.391. The standard InChI is InChI=1S/C3H3N3O4/c4-2(7)1-3(9-8)6-10-5-1/h8H,(H2,4,7). The van der Waals surface area contributed by atoms with Crippen LogP contribution >= 0.6 is 0 Å². The molecule has 1 amide bonds. The fourth-order valence-corrected chi connectivity index (χ4v) is 0.391. The van der Waals surface area contributed by atoms with Gasteiger partial charge in [-0.3, -0.25) is 4.79 Å². The second-order valence-electron chi connectivity index (χ2n) is 1.37. The van der Waals surface area contributed by atoms with E-state index in [1.807, 2.05) is 0 Å². The minimum absolute atomic E-state index is 0.345. The number of amides is 1. The normalized spacial score (nSPS) is 9.30. The van der Waals surface area contributed by atoms with E-state index in [2.05, 4.69) is 19.8 Å². The molecule has 0 fully saturated rings. The zero-order valence-electron chi connectivity index (χ0n) is 4.64. The molecule has 1 aromatic heterocycles. The fraction of sp³-hybridized carbons (Fsp3) is 0. The third-order valence-electron chi connectivity index (χ3n) is 0.778. The summed E-state index contributed by atoms with van der Waals surface area (Å²) >= 11 is 0. The van der Waals surface area contributed by atoms with Crippen LogP contribution in [-0.2, 0) is 0 Å². The summed E-state index contributed by atoms with van der Waals surface area (Å²) in [5.41, 5.74) is 4.40. The number of hydrogen-bond acceptors (Lipinski definition) is 6. The van der Waals surface area contributed by atoms with E-state index in [0.29, 0.717) is 0 Å². The topological polar surface area (TPSA) is 111 Å². The largest absolute Gasteiger partial charge is 0.364 e. The van der Waals surface area contributed by atoms with E-state index in [9.17, 15) is 4.79 Å². The summed E-state index contributed by atoms with van der Waals surface area (Å²) in [6.45, 7) is 0. The van der Waals surface area contributed by atoms with Gasteiger partial charge in [-0.2, -0.15) is 0 Å². The molecule has 0 bridgehead atoms. The maximum absolute atomic E-state index is 10.3. The molecule has 1 heterocycles. The highest BCUT2D eigenvalue weighted by Crippen LogP contribution is 2.09. The van der Waals surface area contributed by atoms with Crippen LogP contribution in [0.15, 0.2) is 4.63 Å². The lowest BCUT2D eigenvalue weighted by atomic mass is 10.4. The average molecular weight is 145 g/mol. The Morgan fingerprint density at radius 1 is 1.70 bits per heavy atom. The van der Waals surface area contributed by atoms with Gasteiger partial charge in [0.1, 0.15) is 0 Å². The number of nitrogens with two attached hydrogens (primary N) is 1. The monoisotopic (exact) mass is 145 g/mol. The van der Waals surface area contributed by atoms with Gasteiger partial charge in [0.25, 0.3) is 5.91 Å². The van der Waals surface area contributed by atoms with E-state index in [1.54, 1.807) is 0 Å². The van der Waals surface area contributed by atoms with Crippen molar-refractivity contribution >= 4 is 5.91 Å². The van der Waals surface area contributed by atoms with Gasteiger partial charge >= 0.3 is 5.88 Å². The van der Waals surface area contributed by atoms with Crippen LogP contribution in [-0.4, -0.2) is 21.5 Å². The third-order valence-corrected chi connectivity index (χ3v) is 0.778. The number of aromatic nitrogens is 2. The van der Waals surface area contributed by atoms with Gasteiger partial charge in [0.15, 0.2) is 0 Å². The first-order chi connectivity index (χ1) is 4.75. The third kappa shape index (κ3) is 0.890. The zero-order valence-corrected chi connectivity index (χ0v) is 4.64. The second-order valence-corrected chi connectivity index (χ2v) is 1.37. The van der Waals surface area contributed by atoms with E-state index >= 15 is 0 Å². The molecule has 10 heavy (non-hydrogen) atoms. The lowest BCUT2D eigenvalue weighted by molar-refractivity contribution is -0.143. The highest BCUT2D eigenvalue weighted by Gasteiger charge is 2.16. The first-order valence-electron chi connectivity index (χ1n) is 2.19. The molecule has 0 atom stereocenters. The summed E-state index contributed by atoms with van der Waals surface area (Å²) in [5, 5.41) is 14.0. The Labute approximate surface area is 54.3 Å². The SMILES string of the molecule is NC(=O)c1nonc1OO. The quantitative estimate of drug-likeness (QED) is 0.408. The molecule has 0 aliphatic heterocycles. The van der Waals surface area contributed by atoms with E-state index in [1.165, 1.54) is 0 Å². The van der Waals surface area contributed by atoms with Crippen molar-refractivity contribution in [1.82, 2.24) is 10.3 Å². The minimum Gasteiger partial charge on any atom is -0.364 e. The van der Waals surface area contributed by atoms with Crippen molar-refractivity contribution in [2.45, 2.75) is 0 Å². The summed E-state index contributed by atoms with van der Waals surface area (Å²) in [4.78, 5) is 13.9. The van der Waals surface area contributed by atoms with E-state index in [-0.39, 0.29) is 5.69 Å². The Kier molecular flexibility index (Phi) is 1.50. The van der Waals surface area contributed by atoms with Crippen molar-refractivity contribution in [1.29, 1.82) is 0 Å². The molecular weight excluding hydrogens is 142 g/mol. The van der Waals surface area contributed by atoms with Gasteiger partial charge in [0.2, 0.25) is 5.69 Å². The summed E-state index contributed by atoms with van der Waals surface area (Å²) < 4.78 is 4.01. The molecule has 0 spiro atoms. The van der Waals surface area contributed by atoms with Crippen LogP contribution < -0.4 is 10.6 Å². The van der Waals surface area contributed by atoms with Crippen molar-refractivity contribution < 1.29 is 19.6 Å². The highest BCUT2D eigenvalue weighted by molar-refractivity contribution is 5.92. The molecule has 0 aliphatic carbocycles. The number of primary amides is 1. The Balaban J connectivity index is 3.01. The summed E-state index contributed by atoms with van der Waals surface area (Å²) in [6, 6.07) is 0. The number of hydrogen-bond donors (Lipinski definition) is 2. The molecule has 0 aromatic carbocycles. The van der Waals surface area contributed by atoms with Crippen LogP contribution in [0.3, 0.4) is 0 Å². The molecule has 3 N–H and O–H groups in total. The number of carbonyl (C=O) groups excluding carboxylic acids is 1. The molecule has 1 aromatic rings. The molecule has 7 heteroatoms. The van der Waals surface area contributed by atoms with E-state index in [0.717, 1.165) is 0 Å². The summed E-state index contributed by atoms with van der Waals surface area (Å²) in [7, 11) is 0. The van der Waals surface area contributed by atoms with Crippen LogP contribution in [0.5, 0.6) is 5.88 Å². The first kappa shape index (κ1) is 6.49. The molecule has 0 saturated heterocycles. The number of carbonyl (C=O) groups is 1. The van der Waals surface area contributed by atoms with Gasteiger partial charge in [-0.1, -0.05) is 0 Å². The zero-order chi connectivity index (χ0) is 7.56. The van der Waals surface area contributed by atoms with Gasteiger partial charge in [-0.15, -0.1) is 0 Å². The molecule has 54 valence electrons. The van der Waals surface area contributed by atoms with Crippen molar-refractivity contribution in [2.75, 3.05) is 0 Å². The molecule has 0 saturated carbocycles. The molecule has 7 nitrogen and oxygen atoms in total. The summed E-state index contributed by atoms with van der Waals surface area (Å²) in [5.74, 6) is -1.32. The molecule has 0 unspecified atom stereocenters. The highest BCUT2D eigenvalue weighted by atomic mass is 17.1. The van der Waals surface area contributed by atoms with Crippen molar-refractivity contribution in [3.63, 3.8) is 0 Å². The lowest BCUT2D eigenvalue weighted by Gasteiger charge is -1.86. The van der Waals surface area contributed by atoms with Crippen molar-refractivity contribution in [3.8, 4) is 5.88 Å². The second kappa shape index (κ2) is 2.31. The van der Waals surface area contributed by atoms with Gasteiger partial charge in [-0.05, 0) is 10.3 Å². The van der Waals surface area contributed by atoms with Crippen LogP contribution in [0, 0.1) is 0 Å². The van der Waals surface area contributed by atoms with Gasteiger partial charge < -0.3 is 10.6 Å². The predicted octanol–water partition coefficient (Wildman–Crippen LogP) is -0.980. The Morgan fingerprint density at radius 3 is 2.80 bits per heavy atom. The number of rotatable bonds is 2. The van der Waals surface area contributed by atoms with Crippen molar-refractivity contribution in [2.24, 2.45) is 5.73 Å². The lowest BCUT2D eigenvalue weighted by Crippen LogP contribution is -2.12. The van der Waals surface area contributed by atoms with Crippen molar-refractivity contribution in [3.05, 3.63) is 5.69 Å². The Hall–Kier alpha value is -1.63.